The maximum Gasteiger partial charge on any atom is 0.532 e. The standard InChI is InChI=1S/C17H40O5Si3/c1-12-16(5,21-23(9)15-4)24(10,11)22-17(13-2,14-3)25(18-6,19-7)20-8/h15,23H,4,12-14H2,1-3,5-11H3. The lowest BCUT2D eigenvalue weighted by atomic mass is 10.2. The highest BCUT2D eigenvalue weighted by molar-refractivity contribution is 6.76. The predicted octanol–water partition coefficient (Wildman–Crippen LogP) is 3.99. The Hall–Kier alpha value is 0.191. The second kappa shape index (κ2) is 9.93. The minimum Gasteiger partial charge on any atom is -0.411 e. The van der Waals surface area contributed by atoms with Crippen molar-refractivity contribution >= 4 is 26.2 Å². The summed E-state index contributed by atoms with van der Waals surface area (Å²) >= 11 is 0. The van der Waals surface area contributed by atoms with E-state index in [1.54, 1.807) is 21.3 Å². The summed E-state index contributed by atoms with van der Waals surface area (Å²) in [6.07, 6.45) is 2.41. The molecule has 0 aromatic heterocycles. The largest absolute Gasteiger partial charge is 0.532 e. The molecule has 0 saturated heterocycles. The topological polar surface area (TPSA) is 46.2 Å². The zero-order valence-electron chi connectivity index (χ0n) is 18.0. The summed E-state index contributed by atoms with van der Waals surface area (Å²) in [5, 5.41) is -0.891. The Morgan fingerprint density at radius 1 is 0.960 bits per heavy atom. The van der Waals surface area contributed by atoms with E-state index in [1.807, 2.05) is 5.70 Å². The van der Waals surface area contributed by atoms with Crippen LogP contribution in [0.4, 0.5) is 0 Å². The van der Waals surface area contributed by atoms with Gasteiger partial charge in [0.2, 0.25) is 8.32 Å². The second-order valence-corrected chi connectivity index (χ2v) is 16.8. The van der Waals surface area contributed by atoms with Crippen molar-refractivity contribution in [3.05, 3.63) is 12.3 Å². The van der Waals surface area contributed by atoms with Crippen molar-refractivity contribution in [3.63, 3.8) is 0 Å². The molecule has 0 aliphatic heterocycles. The summed E-state index contributed by atoms with van der Waals surface area (Å²) in [4.78, 5) is 0. The molecule has 0 saturated carbocycles. The molecule has 2 unspecified atom stereocenters. The first-order valence-electron chi connectivity index (χ1n) is 9.19. The Balaban J connectivity index is 6.00. The third-order valence-electron chi connectivity index (χ3n) is 5.68. The summed E-state index contributed by atoms with van der Waals surface area (Å²) < 4.78 is 30.9. The van der Waals surface area contributed by atoms with E-state index < -0.39 is 31.4 Å². The lowest BCUT2D eigenvalue weighted by molar-refractivity contribution is -0.0114. The highest BCUT2D eigenvalue weighted by Gasteiger charge is 2.63. The summed E-state index contributed by atoms with van der Waals surface area (Å²) in [7, 11) is -1.79. The molecular weight excluding hydrogens is 368 g/mol. The van der Waals surface area contributed by atoms with E-state index in [1.165, 1.54) is 0 Å². The van der Waals surface area contributed by atoms with E-state index >= 15 is 0 Å². The highest BCUT2D eigenvalue weighted by atomic mass is 28.4. The van der Waals surface area contributed by atoms with Crippen LogP contribution in [0.3, 0.4) is 0 Å². The van der Waals surface area contributed by atoms with Crippen molar-refractivity contribution in [1.82, 2.24) is 0 Å². The van der Waals surface area contributed by atoms with Crippen molar-refractivity contribution in [2.75, 3.05) is 21.3 Å². The Labute approximate surface area is 159 Å². The Kier molecular flexibility index (Phi) is 10.0. The minimum atomic E-state index is -3.00. The number of hydrogen-bond acceptors (Lipinski definition) is 5. The van der Waals surface area contributed by atoms with Gasteiger partial charge in [-0.2, -0.15) is 0 Å². The minimum absolute atomic E-state index is 0.308. The van der Waals surface area contributed by atoms with E-state index in [2.05, 4.69) is 53.9 Å². The van der Waals surface area contributed by atoms with Crippen LogP contribution in [0.2, 0.25) is 19.6 Å². The molecule has 150 valence electrons. The lowest BCUT2D eigenvalue weighted by Gasteiger charge is -2.51. The smallest absolute Gasteiger partial charge is 0.411 e. The van der Waals surface area contributed by atoms with E-state index in [0.29, 0.717) is 0 Å². The van der Waals surface area contributed by atoms with E-state index in [4.69, 9.17) is 22.1 Å². The summed E-state index contributed by atoms with van der Waals surface area (Å²) in [6.45, 7) is 19.1. The first-order valence-corrected chi connectivity index (χ1v) is 16.1. The van der Waals surface area contributed by atoms with Crippen molar-refractivity contribution in [2.45, 2.75) is 77.0 Å². The van der Waals surface area contributed by atoms with Crippen LogP contribution in [0.1, 0.15) is 47.0 Å². The Bertz CT molecular complexity index is 403. The molecule has 5 nitrogen and oxygen atoms in total. The molecule has 0 spiro atoms. The van der Waals surface area contributed by atoms with Crippen molar-refractivity contribution in [3.8, 4) is 0 Å². The maximum atomic E-state index is 6.95. The molecule has 0 aliphatic rings. The number of hydrogen-bond donors (Lipinski definition) is 0. The summed E-state index contributed by atoms with van der Waals surface area (Å²) in [6, 6.07) is 0. The van der Waals surface area contributed by atoms with Gasteiger partial charge < -0.3 is 22.1 Å². The summed E-state index contributed by atoms with van der Waals surface area (Å²) in [5.41, 5.74) is 1.96. The van der Waals surface area contributed by atoms with Gasteiger partial charge in [0.25, 0.3) is 0 Å². The molecule has 0 radical (unpaired) electrons. The molecule has 0 amide bonds. The second-order valence-electron chi connectivity index (χ2n) is 7.13. The van der Waals surface area contributed by atoms with Crippen LogP contribution in [0.25, 0.3) is 0 Å². The normalized spacial score (nSPS) is 17.2. The van der Waals surface area contributed by atoms with Gasteiger partial charge in [-0.3, -0.25) is 0 Å². The molecule has 25 heavy (non-hydrogen) atoms. The fraction of sp³-hybridized carbons (Fsp3) is 0.882. The molecule has 0 N–H and O–H groups in total. The van der Waals surface area contributed by atoms with Crippen molar-refractivity contribution in [2.24, 2.45) is 0 Å². The zero-order chi connectivity index (χ0) is 19.9. The average molecular weight is 409 g/mol. The van der Waals surface area contributed by atoms with E-state index in [0.717, 1.165) is 19.3 Å². The first-order chi connectivity index (χ1) is 11.5. The molecule has 2 atom stereocenters. The van der Waals surface area contributed by atoms with Gasteiger partial charge in [-0.25, -0.2) is 0 Å². The summed E-state index contributed by atoms with van der Waals surface area (Å²) in [5.74, 6) is 0. The molecule has 0 aliphatic carbocycles. The van der Waals surface area contributed by atoms with Crippen molar-refractivity contribution in [1.29, 1.82) is 0 Å². The van der Waals surface area contributed by atoms with Gasteiger partial charge >= 0.3 is 8.80 Å². The molecule has 0 bridgehead atoms. The zero-order valence-corrected chi connectivity index (χ0v) is 21.2. The SMILES string of the molecule is C=C[SiH](C)OC(C)(CC)[Si](C)(C)OC(CC)(CC)[Si](OC)(OC)OC. The van der Waals surface area contributed by atoms with Gasteiger partial charge in [0.15, 0.2) is 9.04 Å². The predicted molar refractivity (Wildman–Crippen MR) is 112 cm³/mol. The van der Waals surface area contributed by atoms with E-state index in [9.17, 15) is 0 Å². The van der Waals surface area contributed by atoms with Crippen molar-refractivity contribution < 1.29 is 22.1 Å². The fourth-order valence-electron chi connectivity index (χ4n) is 3.40. The van der Waals surface area contributed by atoms with Crippen LogP contribution >= 0.6 is 0 Å². The van der Waals surface area contributed by atoms with Gasteiger partial charge in [-0.05, 0) is 45.8 Å². The lowest BCUT2D eigenvalue weighted by Crippen LogP contribution is -2.71. The maximum absolute atomic E-state index is 6.95. The Morgan fingerprint density at radius 2 is 1.40 bits per heavy atom. The van der Waals surface area contributed by atoms with Crippen LogP contribution in [0.5, 0.6) is 0 Å². The average Bonchev–Trinajstić information content (AvgIpc) is 2.61. The van der Waals surface area contributed by atoms with Gasteiger partial charge in [0.05, 0.1) is 5.22 Å². The van der Waals surface area contributed by atoms with Crippen LogP contribution < -0.4 is 0 Å². The first kappa shape index (κ1) is 25.2. The van der Waals surface area contributed by atoms with Gasteiger partial charge in [-0.15, -0.1) is 6.58 Å². The van der Waals surface area contributed by atoms with Crippen LogP contribution in [0, 0.1) is 0 Å². The molecule has 0 aromatic carbocycles. The quantitative estimate of drug-likeness (QED) is 0.431. The van der Waals surface area contributed by atoms with Crippen LogP contribution in [-0.2, 0) is 22.1 Å². The Morgan fingerprint density at radius 3 is 1.68 bits per heavy atom. The molecule has 0 heterocycles. The third kappa shape index (κ3) is 4.92. The van der Waals surface area contributed by atoms with Crippen LogP contribution in [-0.4, -0.2) is 57.9 Å². The molecule has 0 rings (SSSR count). The van der Waals surface area contributed by atoms with Gasteiger partial charge in [0.1, 0.15) is 5.22 Å². The molecular formula is C17H40O5Si3. The fourth-order valence-corrected chi connectivity index (χ4v) is 12.3. The molecule has 8 heteroatoms. The van der Waals surface area contributed by atoms with E-state index in [-0.39, 0.29) is 5.22 Å². The molecule has 0 aromatic rings. The molecule has 0 fully saturated rings. The van der Waals surface area contributed by atoms with Crippen LogP contribution in [0.15, 0.2) is 12.3 Å². The van der Waals surface area contributed by atoms with Gasteiger partial charge in [-0.1, -0.05) is 26.5 Å². The third-order valence-corrected chi connectivity index (χ3v) is 15.1. The van der Waals surface area contributed by atoms with Gasteiger partial charge in [0, 0.05) is 21.3 Å². The number of rotatable bonds is 13. The monoisotopic (exact) mass is 408 g/mol. The highest BCUT2D eigenvalue weighted by Crippen LogP contribution is 2.40.